The Kier molecular flexibility index (Phi) is 5.48. The van der Waals surface area contributed by atoms with Crippen molar-refractivity contribution in [2.75, 3.05) is 18.0 Å². The Morgan fingerprint density at radius 2 is 1.94 bits per heavy atom. The fourth-order valence-electron chi connectivity index (χ4n) is 3.57. The van der Waals surface area contributed by atoms with E-state index in [4.69, 9.17) is 9.72 Å². The molecule has 4 heterocycles. The Morgan fingerprint density at radius 1 is 1.10 bits per heavy atom. The summed E-state index contributed by atoms with van der Waals surface area (Å²) in [6.45, 7) is 2.06. The maximum Gasteiger partial charge on any atom is 0.310 e. The van der Waals surface area contributed by atoms with Crippen LogP contribution in [-0.4, -0.2) is 48.2 Å². The lowest BCUT2D eigenvalue weighted by atomic mass is 9.97. The van der Waals surface area contributed by atoms with E-state index in [9.17, 15) is 4.39 Å². The maximum atomic E-state index is 13.3. The van der Waals surface area contributed by atoms with Crippen LogP contribution in [0.1, 0.15) is 29.5 Å². The van der Waals surface area contributed by atoms with Crippen molar-refractivity contribution < 1.29 is 9.13 Å². The van der Waals surface area contributed by atoms with Gasteiger partial charge >= 0.3 is 6.08 Å². The van der Waals surface area contributed by atoms with Crippen molar-refractivity contribution >= 4 is 17.2 Å². The second kappa shape index (κ2) is 8.72. The van der Waals surface area contributed by atoms with Crippen molar-refractivity contribution in [1.82, 2.24) is 35.2 Å². The molecule has 0 aliphatic carbocycles. The summed E-state index contributed by atoms with van der Waals surface area (Å²) >= 11 is 1.67. The molecule has 0 bridgehead atoms. The highest BCUT2D eigenvalue weighted by Gasteiger charge is 2.24. The molecule has 0 unspecified atom stereocenters. The molecule has 5 rings (SSSR count). The quantitative estimate of drug-likeness (QED) is 0.424. The van der Waals surface area contributed by atoms with Gasteiger partial charge in [-0.25, -0.2) is 14.6 Å². The van der Waals surface area contributed by atoms with E-state index in [2.05, 4.69) is 35.8 Å². The molecule has 4 aromatic rings. The lowest BCUT2D eigenvalue weighted by Crippen LogP contribution is -2.33. The van der Waals surface area contributed by atoms with Crippen molar-refractivity contribution in [3.05, 3.63) is 65.0 Å². The van der Waals surface area contributed by atoms with Crippen LogP contribution >= 0.6 is 11.3 Å². The SMILES string of the molecule is Fc1nccc(N2CCC(c3nc(COc4ccc(-n5cnnn5)cc4)cs3)CC2)n1. The van der Waals surface area contributed by atoms with Crippen LogP contribution in [0.25, 0.3) is 5.69 Å². The van der Waals surface area contributed by atoms with Crippen LogP contribution in [0.3, 0.4) is 0 Å². The van der Waals surface area contributed by atoms with Gasteiger partial charge in [0.05, 0.1) is 16.4 Å². The predicted molar refractivity (Wildman–Crippen MR) is 112 cm³/mol. The number of piperidine rings is 1. The van der Waals surface area contributed by atoms with E-state index in [1.807, 2.05) is 24.3 Å². The highest BCUT2D eigenvalue weighted by atomic mass is 32.1. The summed E-state index contributed by atoms with van der Waals surface area (Å²) in [7, 11) is 0. The minimum Gasteiger partial charge on any atom is -0.487 e. The van der Waals surface area contributed by atoms with Crippen LogP contribution in [0.15, 0.2) is 48.2 Å². The Balaban J connectivity index is 1.15. The number of nitrogens with zero attached hydrogens (tertiary/aromatic N) is 8. The van der Waals surface area contributed by atoms with Gasteiger partial charge in [0.25, 0.3) is 0 Å². The monoisotopic (exact) mass is 438 g/mol. The molecular weight excluding hydrogens is 419 g/mol. The van der Waals surface area contributed by atoms with Gasteiger partial charge in [-0.15, -0.1) is 16.4 Å². The van der Waals surface area contributed by atoms with Crippen LogP contribution in [0.4, 0.5) is 10.2 Å². The second-order valence-corrected chi connectivity index (χ2v) is 8.05. The normalized spacial score (nSPS) is 14.7. The first kappa shape index (κ1) is 19.5. The number of ether oxygens (including phenoxy) is 1. The summed E-state index contributed by atoms with van der Waals surface area (Å²) in [4.78, 5) is 14.3. The molecule has 1 aliphatic rings. The van der Waals surface area contributed by atoms with Gasteiger partial charge in [-0.2, -0.15) is 9.37 Å². The Labute approximate surface area is 181 Å². The van der Waals surface area contributed by atoms with Crippen LogP contribution in [-0.2, 0) is 6.61 Å². The van der Waals surface area contributed by atoms with Gasteiger partial charge in [0.1, 0.15) is 24.5 Å². The number of halogens is 1. The maximum absolute atomic E-state index is 13.3. The minimum absolute atomic E-state index is 0.400. The smallest absolute Gasteiger partial charge is 0.310 e. The van der Waals surface area contributed by atoms with Crippen LogP contribution in [0, 0.1) is 6.08 Å². The van der Waals surface area contributed by atoms with Crippen molar-refractivity contribution in [2.24, 2.45) is 0 Å². The predicted octanol–water partition coefficient (Wildman–Crippen LogP) is 3.01. The van der Waals surface area contributed by atoms with Gasteiger partial charge in [0.2, 0.25) is 0 Å². The molecule has 1 saturated heterocycles. The van der Waals surface area contributed by atoms with E-state index in [-0.39, 0.29) is 0 Å². The largest absolute Gasteiger partial charge is 0.487 e. The molecule has 1 aliphatic heterocycles. The zero-order valence-electron chi connectivity index (χ0n) is 16.5. The summed E-state index contributed by atoms with van der Waals surface area (Å²) < 4.78 is 20.7. The first-order valence-corrected chi connectivity index (χ1v) is 10.8. The van der Waals surface area contributed by atoms with Gasteiger partial charge in [0.15, 0.2) is 0 Å². The number of hydrogen-bond donors (Lipinski definition) is 0. The van der Waals surface area contributed by atoms with E-state index in [0.717, 1.165) is 48.1 Å². The van der Waals surface area contributed by atoms with Crippen molar-refractivity contribution in [3.8, 4) is 11.4 Å². The molecule has 158 valence electrons. The average Bonchev–Trinajstić information content (AvgIpc) is 3.51. The Morgan fingerprint density at radius 3 is 2.68 bits per heavy atom. The number of hydrogen-bond acceptors (Lipinski definition) is 9. The van der Waals surface area contributed by atoms with E-state index < -0.39 is 6.08 Å². The van der Waals surface area contributed by atoms with Gasteiger partial charge < -0.3 is 9.64 Å². The van der Waals surface area contributed by atoms with Crippen molar-refractivity contribution in [2.45, 2.75) is 25.4 Å². The Hall–Kier alpha value is -3.47. The number of rotatable bonds is 6. The van der Waals surface area contributed by atoms with Crippen LogP contribution < -0.4 is 9.64 Å². The van der Waals surface area contributed by atoms with Crippen LogP contribution in [0.5, 0.6) is 5.75 Å². The summed E-state index contributed by atoms with van der Waals surface area (Å²) in [6.07, 6.45) is 4.23. The third-order valence-corrected chi connectivity index (χ3v) is 6.24. The molecule has 1 fully saturated rings. The third-order valence-electron chi connectivity index (χ3n) is 5.19. The lowest BCUT2D eigenvalue weighted by molar-refractivity contribution is 0.301. The molecule has 0 spiro atoms. The highest BCUT2D eigenvalue weighted by Crippen LogP contribution is 2.32. The molecule has 0 atom stereocenters. The molecule has 0 radical (unpaired) electrons. The topological polar surface area (TPSA) is 94.7 Å². The summed E-state index contributed by atoms with van der Waals surface area (Å²) in [5.74, 6) is 1.80. The zero-order chi connectivity index (χ0) is 21.0. The summed E-state index contributed by atoms with van der Waals surface area (Å²) in [6, 6.07) is 9.31. The van der Waals surface area contributed by atoms with Crippen molar-refractivity contribution in [3.63, 3.8) is 0 Å². The standard InChI is InChI=1S/C20H19FN8OS/c21-20-22-8-5-18(25-20)28-9-6-14(7-10-28)19-24-15(12-31-19)11-30-17-3-1-16(2-4-17)29-13-23-26-27-29/h1-5,8,12-14H,6-7,9-11H2. The van der Waals surface area contributed by atoms with Crippen LogP contribution in [0.2, 0.25) is 0 Å². The summed E-state index contributed by atoms with van der Waals surface area (Å²) in [5.41, 5.74) is 1.79. The fraction of sp³-hybridized carbons (Fsp3) is 0.300. The zero-order valence-corrected chi connectivity index (χ0v) is 17.3. The fourth-order valence-corrected chi connectivity index (χ4v) is 4.54. The Bertz CT molecular complexity index is 1130. The van der Waals surface area contributed by atoms with E-state index >= 15 is 0 Å². The minimum atomic E-state index is -0.686. The molecular formula is C20H19FN8OS. The van der Waals surface area contributed by atoms with Gasteiger partial charge in [-0.05, 0) is 53.6 Å². The molecule has 31 heavy (non-hydrogen) atoms. The van der Waals surface area contributed by atoms with E-state index in [0.29, 0.717) is 18.3 Å². The van der Waals surface area contributed by atoms with Gasteiger partial charge in [0, 0.05) is 30.6 Å². The molecule has 0 saturated carbocycles. The number of thiazole rings is 1. The highest BCUT2D eigenvalue weighted by molar-refractivity contribution is 7.09. The molecule has 9 nitrogen and oxygen atoms in total. The van der Waals surface area contributed by atoms with Gasteiger partial charge in [-0.3, -0.25) is 0 Å². The number of tetrazole rings is 1. The average molecular weight is 438 g/mol. The first-order valence-electron chi connectivity index (χ1n) is 9.88. The number of anilines is 1. The molecule has 0 amide bonds. The third kappa shape index (κ3) is 4.50. The molecule has 11 heteroatoms. The lowest BCUT2D eigenvalue weighted by Gasteiger charge is -2.31. The van der Waals surface area contributed by atoms with E-state index in [1.54, 1.807) is 28.4 Å². The first-order chi connectivity index (χ1) is 15.2. The molecule has 0 N–H and O–H groups in total. The molecule has 1 aromatic carbocycles. The molecule has 3 aromatic heterocycles. The number of aromatic nitrogens is 7. The van der Waals surface area contributed by atoms with Crippen molar-refractivity contribution in [1.29, 1.82) is 0 Å². The van der Waals surface area contributed by atoms with E-state index in [1.165, 1.54) is 6.20 Å². The summed E-state index contributed by atoms with van der Waals surface area (Å²) in [5, 5.41) is 14.3. The second-order valence-electron chi connectivity index (χ2n) is 7.16. The van der Waals surface area contributed by atoms with Gasteiger partial charge in [-0.1, -0.05) is 0 Å². The number of benzene rings is 1.